The van der Waals surface area contributed by atoms with Gasteiger partial charge in [-0.2, -0.15) is 0 Å². The molecule has 0 saturated carbocycles. The topological polar surface area (TPSA) is 6.48 Å². The van der Waals surface area contributed by atoms with Crippen LogP contribution in [0.25, 0.3) is 0 Å². The zero-order valence-corrected chi connectivity index (χ0v) is 20.5. The van der Waals surface area contributed by atoms with E-state index in [-0.39, 0.29) is 0 Å². The van der Waals surface area contributed by atoms with E-state index in [1.807, 2.05) is 0 Å². The van der Waals surface area contributed by atoms with Crippen LogP contribution in [0, 0.1) is 0 Å². The molecule has 0 saturated heterocycles. The van der Waals surface area contributed by atoms with Gasteiger partial charge >= 0.3 is 0 Å². The number of hydrogen-bond acceptors (Lipinski definition) is 2. The van der Waals surface area contributed by atoms with E-state index in [0.717, 1.165) is 0 Å². The Morgan fingerprint density at radius 1 is 0.517 bits per heavy atom. The van der Waals surface area contributed by atoms with Gasteiger partial charge in [-0.3, -0.25) is 0 Å². The molecule has 2 nitrogen and oxygen atoms in total. The summed E-state index contributed by atoms with van der Waals surface area (Å²) in [6, 6.07) is 0. The van der Waals surface area contributed by atoms with E-state index in [0.29, 0.717) is 6.17 Å². The van der Waals surface area contributed by atoms with Crippen LogP contribution in [0.1, 0.15) is 142 Å². The summed E-state index contributed by atoms with van der Waals surface area (Å²) in [4.78, 5) is 5.01. The van der Waals surface area contributed by atoms with E-state index in [2.05, 4.69) is 43.1 Å². The van der Waals surface area contributed by atoms with Gasteiger partial charge in [0.15, 0.2) is 0 Å². The molecule has 0 aromatic heterocycles. The fraction of sp³-hybridized carbons (Fsp3) is 0.926. The molecule has 172 valence electrons. The standard InChI is InChI=1S/C27H54N2/c1-4-6-8-10-11-12-13-14-15-16-17-18-19-20-22-24-29-26-25-28(3)27(29)23-21-9-7-5-2/h25-27H,4-24H2,1-3H3. The van der Waals surface area contributed by atoms with Crippen LogP contribution >= 0.6 is 0 Å². The van der Waals surface area contributed by atoms with E-state index in [9.17, 15) is 0 Å². The summed E-state index contributed by atoms with van der Waals surface area (Å²) in [7, 11) is 2.24. The van der Waals surface area contributed by atoms with E-state index in [1.54, 1.807) is 0 Å². The lowest BCUT2D eigenvalue weighted by Gasteiger charge is -2.30. The van der Waals surface area contributed by atoms with Crippen molar-refractivity contribution in [2.24, 2.45) is 0 Å². The summed E-state index contributed by atoms with van der Waals surface area (Å²) in [5.74, 6) is 0. The molecular weight excluding hydrogens is 352 g/mol. The molecule has 1 unspecified atom stereocenters. The quantitative estimate of drug-likeness (QED) is 0.176. The molecule has 0 fully saturated rings. The summed E-state index contributed by atoms with van der Waals surface area (Å²) >= 11 is 0. The first-order valence-corrected chi connectivity index (χ1v) is 13.5. The van der Waals surface area contributed by atoms with Crippen LogP contribution in [0.4, 0.5) is 0 Å². The predicted molar refractivity (Wildman–Crippen MR) is 131 cm³/mol. The second-order valence-corrected chi connectivity index (χ2v) is 9.48. The Bertz CT molecular complexity index is 366. The predicted octanol–water partition coefficient (Wildman–Crippen LogP) is 8.87. The van der Waals surface area contributed by atoms with Gasteiger partial charge in [-0.1, -0.05) is 123 Å². The summed E-state index contributed by atoms with van der Waals surface area (Å²) < 4.78 is 0. The number of unbranched alkanes of at least 4 members (excludes halogenated alkanes) is 17. The fourth-order valence-corrected chi connectivity index (χ4v) is 4.64. The van der Waals surface area contributed by atoms with Crippen LogP contribution in [0.5, 0.6) is 0 Å². The average Bonchev–Trinajstić information content (AvgIpc) is 3.07. The molecule has 1 heterocycles. The maximum atomic E-state index is 2.59. The lowest BCUT2D eigenvalue weighted by Crippen LogP contribution is -2.37. The van der Waals surface area contributed by atoms with Crippen molar-refractivity contribution in [1.82, 2.24) is 9.80 Å². The molecule has 0 radical (unpaired) electrons. The van der Waals surface area contributed by atoms with Gasteiger partial charge in [-0.05, 0) is 19.3 Å². The normalized spacial score (nSPS) is 16.3. The lowest BCUT2D eigenvalue weighted by molar-refractivity contribution is 0.159. The van der Waals surface area contributed by atoms with Gasteiger partial charge < -0.3 is 9.80 Å². The van der Waals surface area contributed by atoms with Gasteiger partial charge in [0.05, 0.1) is 0 Å². The molecular formula is C27H54N2. The third-order valence-electron chi connectivity index (χ3n) is 6.68. The largest absolute Gasteiger partial charge is 0.359 e. The molecule has 0 amide bonds. The average molecular weight is 407 g/mol. The summed E-state index contributed by atoms with van der Waals surface area (Å²) in [5, 5.41) is 0. The first-order chi connectivity index (χ1) is 14.3. The molecule has 1 atom stereocenters. The highest BCUT2D eigenvalue weighted by atomic mass is 15.4. The zero-order chi connectivity index (χ0) is 21.0. The highest BCUT2D eigenvalue weighted by molar-refractivity contribution is 4.95. The molecule has 0 aliphatic carbocycles. The van der Waals surface area contributed by atoms with Crippen LogP contribution in [0.3, 0.4) is 0 Å². The summed E-state index contributed by atoms with van der Waals surface area (Å²) in [6.45, 7) is 5.85. The maximum Gasteiger partial charge on any atom is 0.100 e. The highest BCUT2D eigenvalue weighted by Crippen LogP contribution is 2.21. The van der Waals surface area contributed by atoms with Gasteiger partial charge in [0.1, 0.15) is 6.17 Å². The first-order valence-electron chi connectivity index (χ1n) is 13.5. The second-order valence-electron chi connectivity index (χ2n) is 9.48. The van der Waals surface area contributed by atoms with E-state index in [4.69, 9.17) is 0 Å². The molecule has 0 spiro atoms. The molecule has 29 heavy (non-hydrogen) atoms. The Morgan fingerprint density at radius 3 is 1.41 bits per heavy atom. The van der Waals surface area contributed by atoms with Crippen LogP contribution in [-0.4, -0.2) is 29.6 Å². The third-order valence-corrected chi connectivity index (χ3v) is 6.68. The van der Waals surface area contributed by atoms with Crippen molar-refractivity contribution in [3.05, 3.63) is 12.4 Å². The Morgan fingerprint density at radius 2 is 0.931 bits per heavy atom. The van der Waals surface area contributed by atoms with Gasteiger partial charge in [0.2, 0.25) is 0 Å². The number of rotatable bonds is 21. The van der Waals surface area contributed by atoms with Crippen molar-refractivity contribution >= 4 is 0 Å². The van der Waals surface area contributed by atoms with Crippen LogP contribution in [0.15, 0.2) is 12.4 Å². The minimum atomic E-state index is 0.624. The van der Waals surface area contributed by atoms with E-state index >= 15 is 0 Å². The van der Waals surface area contributed by atoms with Gasteiger partial charge in [0, 0.05) is 26.0 Å². The van der Waals surface area contributed by atoms with Crippen molar-refractivity contribution in [3.63, 3.8) is 0 Å². The minimum absolute atomic E-state index is 0.624. The Hall–Kier alpha value is -0.660. The van der Waals surface area contributed by atoms with Crippen LogP contribution in [0.2, 0.25) is 0 Å². The fourth-order valence-electron chi connectivity index (χ4n) is 4.64. The van der Waals surface area contributed by atoms with E-state index in [1.165, 1.54) is 135 Å². The molecule has 2 heteroatoms. The monoisotopic (exact) mass is 406 g/mol. The minimum Gasteiger partial charge on any atom is -0.359 e. The van der Waals surface area contributed by atoms with Crippen molar-refractivity contribution in [3.8, 4) is 0 Å². The van der Waals surface area contributed by atoms with Gasteiger partial charge in [-0.15, -0.1) is 0 Å². The Labute approximate surface area is 184 Å². The smallest absolute Gasteiger partial charge is 0.100 e. The van der Waals surface area contributed by atoms with Crippen LogP contribution < -0.4 is 0 Å². The molecule has 0 aromatic rings. The first kappa shape index (κ1) is 26.4. The third kappa shape index (κ3) is 14.1. The molecule has 1 rings (SSSR count). The molecule has 1 aliphatic heterocycles. The van der Waals surface area contributed by atoms with Gasteiger partial charge in [0.25, 0.3) is 0 Å². The van der Waals surface area contributed by atoms with Crippen molar-refractivity contribution in [2.45, 2.75) is 148 Å². The second kappa shape index (κ2) is 19.3. The summed E-state index contributed by atoms with van der Waals surface area (Å²) in [5.41, 5.74) is 0. The van der Waals surface area contributed by atoms with Crippen molar-refractivity contribution in [2.75, 3.05) is 13.6 Å². The van der Waals surface area contributed by atoms with Crippen LogP contribution in [-0.2, 0) is 0 Å². The molecule has 0 bridgehead atoms. The highest BCUT2D eigenvalue weighted by Gasteiger charge is 2.22. The Kier molecular flexibility index (Phi) is 17.6. The number of hydrogen-bond donors (Lipinski definition) is 0. The Balaban J connectivity index is 1.87. The molecule has 1 aliphatic rings. The lowest BCUT2D eigenvalue weighted by atomic mass is 10.0. The molecule has 0 aromatic carbocycles. The summed E-state index contributed by atoms with van der Waals surface area (Å²) in [6.07, 6.45) is 33.7. The maximum absolute atomic E-state index is 2.59. The SMILES string of the molecule is CCCCCCCCCCCCCCCCCN1C=CN(C)C1CCCCCC. The van der Waals surface area contributed by atoms with Gasteiger partial charge in [-0.25, -0.2) is 0 Å². The van der Waals surface area contributed by atoms with E-state index < -0.39 is 0 Å². The number of nitrogens with zero attached hydrogens (tertiary/aromatic N) is 2. The van der Waals surface area contributed by atoms with Crippen molar-refractivity contribution < 1.29 is 0 Å². The van der Waals surface area contributed by atoms with Crippen molar-refractivity contribution in [1.29, 1.82) is 0 Å². The zero-order valence-electron chi connectivity index (χ0n) is 20.5. The molecule has 0 N–H and O–H groups in total.